The molecule has 0 radical (unpaired) electrons. The van der Waals surface area contributed by atoms with Crippen molar-refractivity contribution in [2.45, 2.75) is 0 Å². The summed E-state index contributed by atoms with van der Waals surface area (Å²) in [7, 11) is 0. The Morgan fingerprint density at radius 3 is 2.45 bits per heavy atom. The molecule has 1 N–H and O–H groups in total. The Kier molecular flexibility index (Phi) is 4.22. The molecule has 1 aromatic heterocycles. The van der Waals surface area contributed by atoms with Gasteiger partial charge in [-0.2, -0.15) is 5.10 Å². The minimum atomic E-state index is -1.05. The number of carboxylic acid groups (broad SMARTS) is 1. The second-order valence-corrected chi connectivity index (χ2v) is 1.41. The number of carbonyl (C=O) groups is 2. The van der Waals surface area contributed by atoms with E-state index < -0.39 is 5.97 Å². The normalized spacial score (nSPS) is 7.64. The summed E-state index contributed by atoms with van der Waals surface area (Å²) in [5.41, 5.74) is -0.0301. The molecule has 0 spiro atoms. The van der Waals surface area contributed by atoms with Crippen LogP contribution in [0.1, 0.15) is 10.5 Å². The molecule has 0 aromatic carbocycles. The van der Waals surface area contributed by atoms with Crippen molar-refractivity contribution in [3.8, 4) is 0 Å². The molecular formula is C6H6N2O3. The molecule has 11 heavy (non-hydrogen) atoms. The van der Waals surface area contributed by atoms with Crippen LogP contribution in [0.5, 0.6) is 0 Å². The molecule has 0 amide bonds. The zero-order valence-electron chi connectivity index (χ0n) is 5.60. The lowest BCUT2D eigenvalue weighted by Crippen LogP contribution is -1.99. The second-order valence-electron chi connectivity index (χ2n) is 1.41. The highest BCUT2D eigenvalue weighted by Gasteiger charge is 2.00. The third-order valence-corrected chi connectivity index (χ3v) is 0.791. The lowest BCUT2D eigenvalue weighted by molar-refractivity contribution is -0.0980. The Bertz CT molecular complexity index is 225. The van der Waals surface area contributed by atoms with Gasteiger partial charge in [0.2, 0.25) is 0 Å². The quantitative estimate of drug-likeness (QED) is 0.615. The standard InChI is InChI=1S/C5H4N2O2.CH2O/c8-5(9)4-2-1-3-6-7-4;1-2/h1-3H,(H,8,9);1H2. The van der Waals surface area contributed by atoms with Crippen LogP contribution in [0, 0.1) is 0 Å². The Hall–Kier alpha value is -1.78. The first-order valence-corrected chi connectivity index (χ1v) is 2.60. The van der Waals surface area contributed by atoms with Gasteiger partial charge in [0.25, 0.3) is 0 Å². The van der Waals surface area contributed by atoms with Gasteiger partial charge in [0, 0.05) is 6.20 Å². The molecular weight excluding hydrogens is 148 g/mol. The van der Waals surface area contributed by atoms with Gasteiger partial charge in [0.1, 0.15) is 6.79 Å². The summed E-state index contributed by atoms with van der Waals surface area (Å²) in [4.78, 5) is 18.1. The van der Waals surface area contributed by atoms with Crippen molar-refractivity contribution in [3.05, 3.63) is 24.0 Å². The smallest absolute Gasteiger partial charge is 0.356 e. The number of hydrogen-bond donors (Lipinski definition) is 1. The highest BCUT2D eigenvalue weighted by molar-refractivity contribution is 5.84. The number of nitrogens with zero attached hydrogens (tertiary/aromatic N) is 2. The first-order chi connectivity index (χ1) is 5.30. The summed E-state index contributed by atoms with van der Waals surface area (Å²) in [6, 6.07) is 2.91. The number of aromatic nitrogens is 2. The van der Waals surface area contributed by atoms with Crippen LogP contribution < -0.4 is 0 Å². The van der Waals surface area contributed by atoms with Crippen LogP contribution >= 0.6 is 0 Å². The highest BCUT2D eigenvalue weighted by atomic mass is 16.4. The molecule has 0 aliphatic rings. The minimum absolute atomic E-state index is 0.0301. The number of rotatable bonds is 1. The molecule has 0 aliphatic carbocycles. The third kappa shape index (κ3) is 3.04. The fourth-order valence-electron chi connectivity index (χ4n) is 0.416. The van der Waals surface area contributed by atoms with Gasteiger partial charge in [0.05, 0.1) is 0 Å². The summed E-state index contributed by atoms with van der Waals surface area (Å²) >= 11 is 0. The minimum Gasteiger partial charge on any atom is -0.476 e. The number of carboxylic acids is 1. The van der Waals surface area contributed by atoms with Gasteiger partial charge in [-0.15, -0.1) is 5.10 Å². The molecule has 0 saturated carbocycles. The Morgan fingerprint density at radius 2 is 2.18 bits per heavy atom. The first-order valence-electron chi connectivity index (χ1n) is 2.60. The van der Waals surface area contributed by atoms with Crippen LogP contribution in [0.3, 0.4) is 0 Å². The van der Waals surface area contributed by atoms with Gasteiger partial charge in [-0.25, -0.2) is 4.79 Å². The summed E-state index contributed by atoms with van der Waals surface area (Å²) in [5, 5.41) is 15.0. The van der Waals surface area contributed by atoms with Crippen LogP contribution in [0.4, 0.5) is 0 Å². The van der Waals surface area contributed by atoms with Crippen molar-refractivity contribution >= 4 is 12.8 Å². The van der Waals surface area contributed by atoms with E-state index in [1.54, 1.807) is 0 Å². The van der Waals surface area contributed by atoms with Crippen molar-refractivity contribution in [1.82, 2.24) is 10.2 Å². The first kappa shape index (κ1) is 9.22. The Balaban J connectivity index is 0.000000461. The van der Waals surface area contributed by atoms with Crippen LogP contribution in [-0.4, -0.2) is 28.1 Å². The molecule has 0 aliphatic heterocycles. The maximum absolute atomic E-state index is 10.1. The van der Waals surface area contributed by atoms with E-state index in [4.69, 9.17) is 9.90 Å². The molecule has 1 heterocycles. The molecule has 5 nitrogen and oxygen atoms in total. The fourth-order valence-corrected chi connectivity index (χ4v) is 0.416. The van der Waals surface area contributed by atoms with Crippen LogP contribution in [-0.2, 0) is 4.79 Å². The van der Waals surface area contributed by atoms with E-state index in [9.17, 15) is 4.79 Å². The van der Waals surface area contributed by atoms with Crippen LogP contribution in [0.2, 0.25) is 0 Å². The number of aromatic carboxylic acids is 1. The SMILES string of the molecule is C=O.O=C(O)c1cccnn1. The van der Waals surface area contributed by atoms with Crippen LogP contribution in [0.25, 0.3) is 0 Å². The molecule has 58 valence electrons. The summed E-state index contributed by atoms with van der Waals surface area (Å²) in [6.45, 7) is 2.00. The van der Waals surface area contributed by atoms with Gasteiger partial charge in [-0.05, 0) is 12.1 Å². The largest absolute Gasteiger partial charge is 0.476 e. The lowest BCUT2D eigenvalue weighted by atomic mass is 10.4. The fraction of sp³-hybridized carbons (Fsp3) is 0. The monoisotopic (exact) mass is 154 g/mol. The number of hydrogen-bond acceptors (Lipinski definition) is 4. The lowest BCUT2D eigenvalue weighted by Gasteiger charge is -1.85. The maximum Gasteiger partial charge on any atom is 0.356 e. The predicted octanol–water partition coefficient (Wildman–Crippen LogP) is -0.0101. The molecule has 0 atom stereocenters. The van der Waals surface area contributed by atoms with Gasteiger partial charge in [-0.3, -0.25) is 0 Å². The molecule has 1 aromatic rings. The van der Waals surface area contributed by atoms with Gasteiger partial charge < -0.3 is 9.90 Å². The third-order valence-electron chi connectivity index (χ3n) is 0.791. The van der Waals surface area contributed by atoms with Gasteiger partial charge in [-0.1, -0.05) is 0 Å². The average molecular weight is 154 g/mol. The maximum atomic E-state index is 10.1. The van der Waals surface area contributed by atoms with Crippen molar-refractivity contribution in [3.63, 3.8) is 0 Å². The molecule has 5 heteroatoms. The average Bonchev–Trinajstić information content (AvgIpc) is 2.10. The van der Waals surface area contributed by atoms with Crippen molar-refractivity contribution in [2.24, 2.45) is 0 Å². The van der Waals surface area contributed by atoms with Crippen LogP contribution in [0.15, 0.2) is 18.3 Å². The summed E-state index contributed by atoms with van der Waals surface area (Å²) < 4.78 is 0. The van der Waals surface area contributed by atoms with E-state index in [1.165, 1.54) is 18.3 Å². The highest BCUT2D eigenvalue weighted by Crippen LogP contribution is 1.87. The van der Waals surface area contributed by atoms with Gasteiger partial charge >= 0.3 is 5.97 Å². The molecule has 0 fully saturated rings. The van der Waals surface area contributed by atoms with E-state index in [0.717, 1.165) is 0 Å². The van der Waals surface area contributed by atoms with E-state index in [-0.39, 0.29) is 5.69 Å². The van der Waals surface area contributed by atoms with Crippen molar-refractivity contribution in [2.75, 3.05) is 0 Å². The van der Waals surface area contributed by atoms with E-state index in [1.807, 2.05) is 6.79 Å². The zero-order valence-corrected chi connectivity index (χ0v) is 5.60. The van der Waals surface area contributed by atoms with E-state index in [2.05, 4.69) is 10.2 Å². The van der Waals surface area contributed by atoms with Crippen molar-refractivity contribution in [1.29, 1.82) is 0 Å². The molecule has 0 unspecified atom stereocenters. The van der Waals surface area contributed by atoms with Gasteiger partial charge in [0.15, 0.2) is 5.69 Å². The zero-order chi connectivity index (χ0) is 8.69. The summed E-state index contributed by atoms with van der Waals surface area (Å²) in [6.07, 6.45) is 1.42. The van der Waals surface area contributed by atoms with E-state index in [0.29, 0.717) is 0 Å². The Labute approximate surface area is 62.7 Å². The molecule has 0 saturated heterocycles. The molecule has 1 rings (SSSR count). The molecule has 0 bridgehead atoms. The summed E-state index contributed by atoms with van der Waals surface area (Å²) in [5.74, 6) is -1.05. The topological polar surface area (TPSA) is 80.2 Å². The second kappa shape index (κ2) is 5.04. The predicted molar refractivity (Wildman–Crippen MR) is 36.1 cm³/mol. The number of carbonyl (C=O) groups excluding carboxylic acids is 1. The van der Waals surface area contributed by atoms with Crippen molar-refractivity contribution < 1.29 is 14.7 Å². The van der Waals surface area contributed by atoms with E-state index >= 15 is 0 Å². The Morgan fingerprint density at radius 1 is 1.55 bits per heavy atom.